The lowest BCUT2D eigenvalue weighted by atomic mass is 10.2. The summed E-state index contributed by atoms with van der Waals surface area (Å²) in [4.78, 5) is 22.1. The first kappa shape index (κ1) is 13.7. The zero-order valence-electron chi connectivity index (χ0n) is 11.5. The molecule has 1 unspecified atom stereocenters. The van der Waals surface area contributed by atoms with Crippen molar-refractivity contribution in [2.24, 2.45) is 0 Å². The fourth-order valence-corrected chi connectivity index (χ4v) is 2.18. The van der Waals surface area contributed by atoms with Crippen LogP contribution in [-0.4, -0.2) is 49.4 Å². The molecular weight excluding hydrogens is 246 g/mol. The molecule has 0 radical (unpaired) electrons. The van der Waals surface area contributed by atoms with E-state index in [4.69, 9.17) is 9.47 Å². The van der Waals surface area contributed by atoms with Crippen molar-refractivity contribution >= 4 is 11.8 Å². The number of aromatic nitrogens is 2. The third kappa shape index (κ3) is 3.20. The lowest BCUT2D eigenvalue weighted by Crippen LogP contribution is -2.31. The molecule has 2 rings (SSSR count). The fourth-order valence-electron chi connectivity index (χ4n) is 2.18. The summed E-state index contributed by atoms with van der Waals surface area (Å²) in [7, 11) is 3.25. The Bertz CT molecular complexity index is 458. The number of ether oxygens (including phenoxy) is 2. The molecular formula is C13H19N3O3. The summed E-state index contributed by atoms with van der Waals surface area (Å²) in [6.45, 7) is 3.32. The van der Waals surface area contributed by atoms with E-state index in [9.17, 15) is 4.79 Å². The Labute approximate surface area is 112 Å². The lowest BCUT2D eigenvalue weighted by Gasteiger charge is -2.23. The monoisotopic (exact) mass is 265 g/mol. The van der Waals surface area contributed by atoms with Gasteiger partial charge in [-0.15, -0.1) is 0 Å². The van der Waals surface area contributed by atoms with Gasteiger partial charge in [0.2, 0.25) is 0 Å². The predicted octanol–water partition coefficient (Wildman–Crippen LogP) is 1.19. The Hall–Kier alpha value is -1.69. The molecule has 19 heavy (non-hydrogen) atoms. The quantitative estimate of drug-likeness (QED) is 0.762. The molecule has 104 valence electrons. The summed E-state index contributed by atoms with van der Waals surface area (Å²) in [5.74, 6) is 0.797. The van der Waals surface area contributed by atoms with Gasteiger partial charge in [-0.05, 0) is 19.8 Å². The highest BCUT2D eigenvalue weighted by atomic mass is 16.5. The minimum absolute atomic E-state index is 0.200. The Morgan fingerprint density at radius 2 is 2.42 bits per heavy atom. The van der Waals surface area contributed by atoms with E-state index in [0.29, 0.717) is 23.8 Å². The first-order valence-electron chi connectivity index (χ1n) is 6.36. The number of rotatable bonds is 4. The molecule has 1 aromatic heterocycles. The molecule has 1 atom stereocenters. The molecule has 1 aromatic rings. The lowest BCUT2D eigenvalue weighted by molar-refractivity contribution is 0.0600. The average Bonchev–Trinajstić information content (AvgIpc) is 2.90. The SMILES string of the molecule is COC(=O)c1cnc(C)nc1N(C)CC1CCCO1. The molecule has 0 N–H and O–H groups in total. The van der Waals surface area contributed by atoms with E-state index in [0.717, 1.165) is 19.4 Å². The topological polar surface area (TPSA) is 64.5 Å². The number of anilines is 1. The van der Waals surface area contributed by atoms with Crippen molar-refractivity contribution in [2.45, 2.75) is 25.9 Å². The number of carbonyl (C=O) groups excluding carboxylic acids is 1. The molecule has 6 heteroatoms. The average molecular weight is 265 g/mol. The van der Waals surface area contributed by atoms with Crippen molar-refractivity contribution in [2.75, 3.05) is 32.2 Å². The van der Waals surface area contributed by atoms with Gasteiger partial charge in [0.25, 0.3) is 0 Å². The third-order valence-corrected chi connectivity index (χ3v) is 3.16. The van der Waals surface area contributed by atoms with Crippen LogP contribution in [0.15, 0.2) is 6.20 Å². The van der Waals surface area contributed by atoms with Gasteiger partial charge in [0, 0.05) is 26.4 Å². The van der Waals surface area contributed by atoms with Crippen LogP contribution in [0.1, 0.15) is 29.0 Å². The van der Waals surface area contributed by atoms with Crippen LogP contribution >= 0.6 is 0 Å². The molecule has 0 saturated carbocycles. The van der Waals surface area contributed by atoms with Crippen LogP contribution in [0.25, 0.3) is 0 Å². The number of hydrogen-bond donors (Lipinski definition) is 0. The maximum absolute atomic E-state index is 11.7. The van der Waals surface area contributed by atoms with E-state index < -0.39 is 5.97 Å². The van der Waals surface area contributed by atoms with E-state index >= 15 is 0 Å². The summed E-state index contributed by atoms with van der Waals surface area (Å²) in [5, 5.41) is 0. The highest BCUT2D eigenvalue weighted by Gasteiger charge is 2.22. The van der Waals surface area contributed by atoms with Crippen LogP contribution in [0.3, 0.4) is 0 Å². The Morgan fingerprint density at radius 3 is 3.05 bits per heavy atom. The summed E-state index contributed by atoms with van der Waals surface area (Å²) in [6, 6.07) is 0. The maximum Gasteiger partial charge on any atom is 0.343 e. The van der Waals surface area contributed by atoms with E-state index in [1.807, 2.05) is 11.9 Å². The zero-order chi connectivity index (χ0) is 13.8. The molecule has 2 heterocycles. The van der Waals surface area contributed by atoms with Gasteiger partial charge in [-0.1, -0.05) is 0 Å². The number of hydrogen-bond acceptors (Lipinski definition) is 6. The van der Waals surface area contributed by atoms with Crippen LogP contribution in [0.2, 0.25) is 0 Å². The second-order valence-corrected chi connectivity index (χ2v) is 4.66. The normalized spacial score (nSPS) is 18.4. The van der Waals surface area contributed by atoms with Gasteiger partial charge in [-0.2, -0.15) is 0 Å². The summed E-state index contributed by atoms with van der Waals surface area (Å²) >= 11 is 0. The highest BCUT2D eigenvalue weighted by molar-refractivity contribution is 5.94. The first-order chi connectivity index (χ1) is 9.11. The van der Waals surface area contributed by atoms with Crippen molar-refractivity contribution in [1.29, 1.82) is 0 Å². The van der Waals surface area contributed by atoms with Crippen LogP contribution in [0, 0.1) is 6.92 Å². The fraction of sp³-hybridized carbons (Fsp3) is 0.615. The van der Waals surface area contributed by atoms with Gasteiger partial charge in [0.1, 0.15) is 17.2 Å². The minimum atomic E-state index is -0.422. The molecule has 1 aliphatic heterocycles. The molecule has 6 nitrogen and oxygen atoms in total. The van der Waals surface area contributed by atoms with Gasteiger partial charge in [-0.3, -0.25) is 0 Å². The molecule has 1 aliphatic rings. The second kappa shape index (κ2) is 5.97. The smallest absolute Gasteiger partial charge is 0.343 e. The van der Waals surface area contributed by atoms with Crippen molar-refractivity contribution in [3.63, 3.8) is 0 Å². The summed E-state index contributed by atoms with van der Waals surface area (Å²) in [5.41, 5.74) is 0.383. The number of likely N-dealkylation sites (N-methyl/N-ethyl adjacent to an activating group) is 1. The van der Waals surface area contributed by atoms with Gasteiger partial charge in [0.15, 0.2) is 0 Å². The van der Waals surface area contributed by atoms with Crippen LogP contribution in [-0.2, 0) is 9.47 Å². The highest BCUT2D eigenvalue weighted by Crippen LogP contribution is 2.20. The molecule has 0 amide bonds. The molecule has 0 aliphatic carbocycles. The maximum atomic E-state index is 11.7. The minimum Gasteiger partial charge on any atom is -0.465 e. The number of nitrogens with zero attached hydrogens (tertiary/aromatic N) is 3. The largest absolute Gasteiger partial charge is 0.465 e. The van der Waals surface area contributed by atoms with Crippen LogP contribution in [0.5, 0.6) is 0 Å². The second-order valence-electron chi connectivity index (χ2n) is 4.66. The number of methoxy groups -OCH3 is 1. The first-order valence-corrected chi connectivity index (χ1v) is 6.36. The molecule has 0 spiro atoms. The van der Waals surface area contributed by atoms with E-state index in [1.54, 1.807) is 6.92 Å². The Kier molecular flexibility index (Phi) is 4.31. The standard InChI is InChI=1S/C13H19N3O3/c1-9-14-7-11(13(17)18-3)12(15-9)16(2)8-10-5-4-6-19-10/h7,10H,4-6,8H2,1-3H3. The van der Waals surface area contributed by atoms with E-state index in [2.05, 4.69) is 9.97 Å². The van der Waals surface area contributed by atoms with E-state index in [-0.39, 0.29) is 6.10 Å². The molecule has 1 fully saturated rings. The van der Waals surface area contributed by atoms with Gasteiger partial charge in [-0.25, -0.2) is 14.8 Å². The van der Waals surface area contributed by atoms with Crippen molar-refractivity contribution in [3.05, 3.63) is 17.6 Å². The molecule has 0 aromatic carbocycles. The number of aryl methyl sites for hydroxylation is 1. The number of carbonyl (C=O) groups is 1. The molecule has 0 bridgehead atoms. The van der Waals surface area contributed by atoms with E-state index in [1.165, 1.54) is 13.3 Å². The van der Waals surface area contributed by atoms with Crippen molar-refractivity contribution < 1.29 is 14.3 Å². The third-order valence-electron chi connectivity index (χ3n) is 3.16. The van der Waals surface area contributed by atoms with Crippen molar-refractivity contribution in [3.8, 4) is 0 Å². The van der Waals surface area contributed by atoms with Crippen LogP contribution < -0.4 is 4.90 Å². The van der Waals surface area contributed by atoms with Gasteiger partial charge >= 0.3 is 5.97 Å². The summed E-state index contributed by atoms with van der Waals surface area (Å²) in [6.07, 6.45) is 3.84. The van der Waals surface area contributed by atoms with Gasteiger partial charge < -0.3 is 14.4 Å². The Balaban J connectivity index is 2.20. The number of esters is 1. The van der Waals surface area contributed by atoms with Crippen LogP contribution in [0.4, 0.5) is 5.82 Å². The molecule has 1 saturated heterocycles. The van der Waals surface area contributed by atoms with Crippen molar-refractivity contribution in [1.82, 2.24) is 9.97 Å². The Morgan fingerprint density at radius 1 is 1.63 bits per heavy atom. The predicted molar refractivity (Wildman–Crippen MR) is 70.4 cm³/mol. The zero-order valence-corrected chi connectivity index (χ0v) is 11.5. The summed E-state index contributed by atoms with van der Waals surface area (Å²) < 4.78 is 10.4. The van der Waals surface area contributed by atoms with Gasteiger partial charge in [0.05, 0.1) is 13.2 Å².